The van der Waals surface area contributed by atoms with Gasteiger partial charge in [0.25, 0.3) is 0 Å². The molecule has 0 saturated carbocycles. The Bertz CT molecular complexity index is 426. The van der Waals surface area contributed by atoms with Crippen LogP contribution in [0.1, 0.15) is 32.3 Å². The van der Waals surface area contributed by atoms with E-state index in [-0.39, 0.29) is 12.6 Å². The molecule has 0 aliphatic carbocycles. The SMILES string of the molecule is COc1ccc(CN(CC2CCCO2)[C@H](CO)C(C)C)cc1. The number of aliphatic hydroxyl groups excluding tert-OH is 1. The normalized spacial score (nSPS) is 19.8. The molecule has 1 fully saturated rings. The molecule has 0 bridgehead atoms. The van der Waals surface area contributed by atoms with Crippen molar-refractivity contribution in [3.63, 3.8) is 0 Å². The minimum atomic E-state index is 0.159. The first-order valence-electron chi connectivity index (χ1n) is 8.23. The number of rotatable bonds is 8. The fraction of sp³-hybridized carbons (Fsp3) is 0.667. The molecule has 124 valence electrons. The van der Waals surface area contributed by atoms with E-state index in [1.807, 2.05) is 12.1 Å². The van der Waals surface area contributed by atoms with Crippen LogP contribution < -0.4 is 4.74 Å². The third-order valence-corrected chi connectivity index (χ3v) is 4.43. The molecule has 1 N–H and O–H groups in total. The molecular weight excluding hydrogens is 278 g/mol. The number of methoxy groups -OCH3 is 1. The maximum atomic E-state index is 9.80. The van der Waals surface area contributed by atoms with Crippen LogP contribution in [0.15, 0.2) is 24.3 Å². The Morgan fingerprint density at radius 3 is 2.55 bits per heavy atom. The first-order chi connectivity index (χ1) is 10.6. The standard InChI is InChI=1S/C18H29NO3/c1-14(2)18(13-20)19(12-17-5-4-10-22-17)11-15-6-8-16(21-3)9-7-15/h6-9,14,17-18,20H,4-5,10-13H2,1-3H3/t17?,18-/m1/s1. The molecule has 1 saturated heterocycles. The van der Waals surface area contributed by atoms with Crippen molar-refractivity contribution >= 4 is 0 Å². The molecule has 1 aliphatic rings. The van der Waals surface area contributed by atoms with Gasteiger partial charge in [-0.05, 0) is 36.5 Å². The molecular formula is C18H29NO3. The van der Waals surface area contributed by atoms with Gasteiger partial charge < -0.3 is 14.6 Å². The van der Waals surface area contributed by atoms with Gasteiger partial charge in [0, 0.05) is 25.7 Å². The van der Waals surface area contributed by atoms with E-state index in [2.05, 4.69) is 30.9 Å². The van der Waals surface area contributed by atoms with E-state index in [1.54, 1.807) is 7.11 Å². The van der Waals surface area contributed by atoms with E-state index in [0.717, 1.165) is 38.3 Å². The van der Waals surface area contributed by atoms with Crippen molar-refractivity contribution in [1.29, 1.82) is 0 Å². The third-order valence-electron chi connectivity index (χ3n) is 4.43. The molecule has 0 aromatic heterocycles. The van der Waals surface area contributed by atoms with Crippen LogP contribution in [0.3, 0.4) is 0 Å². The maximum Gasteiger partial charge on any atom is 0.118 e. The average molecular weight is 307 g/mol. The third kappa shape index (κ3) is 4.70. The highest BCUT2D eigenvalue weighted by molar-refractivity contribution is 5.27. The summed E-state index contributed by atoms with van der Waals surface area (Å²) in [5.41, 5.74) is 1.23. The molecule has 2 rings (SSSR count). The predicted molar refractivity (Wildman–Crippen MR) is 88.1 cm³/mol. The van der Waals surface area contributed by atoms with Gasteiger partial charge in [-0.3, -0.25) is 4.90 Å². The van der Waals surface area contributed by atoms with Crippen molar-refractivity contribution in [2.24, 2.45) is 5.92 Å². The monoisotopic (exact) mass is 307 g/mol. The number of benzene rings is 1. The molecule has 1 unspecified atom stereocenters. The summed E-state index contributed by atoms with van der Waals surface area (Å²) in [5, 5.41) is 9.80. The van der Waals surface area contributed by atoms with Crippen LogP contribution in [0.4, 0.5) is 0 Å². The number of nitrogens with zero attached hydrogens (tertiary/aromatic N) is 1. The molecule has 0 spiro atoms. The number of ether oxygens (including phenoxy) is 2. The highest BCUT2D eigenvalue weighted by Crippen LogP contribution is 2.21. The van der Waals surface area contributed by atoms with Gasteiger partial charge in [-0.2, -0.15) is 0 Å². The minimum absolute atomic E-state index is 0.159. The Morgan fingerprint density at radius 2 is 2.05 bits per heavy atom. The van der Waals surface area contributed by atoms with Crippen molar-refractivity contribution in [3.05, 3.63) is 29.8 Å². The largest absolute Gasteiger partial charge is 0.497 e. The van der Waals surface area contributed by atoms with Gasteiger partial charge in [-0.25, -0.2) is 0 Å². The lowest BCUT2D eigenvalue weighted by molar-refractivity contribution is 0.0240. The molecule has 1 aliphatic heterocycles. The Morgan fingerprint density at radius 1 is 1.32 bits per heavy atom. The zero-order valence-electron chi connectivity index (χ0n) is 14.0. The van der Waals surface area contributed by atoms with E-state index >= 15 is 0 Å². The summed E-state index contributed by atoms with van der Waals surface area (Å²) < 4.78 is 11.0. The smallest absolute Gasteiger partial charge is 0.118 e. The van der Waals surface area contributed by atoms with Gasteiger partial charge in [0.1, 0.15) is 5.75 Å². The van der Waals surface area contributed by atoms with Crippen LogP contribution in [0.25, 0.3) is 0 Å². The summed E-state index contributed by atoms with van der Waals surface area (Å²) in [4.78, 5) is 2.36. The van der Waals surface area contributed by atoms with Gasteiger partial charge >= 0.3 is 0 Å². The zero-order valence-corrected chi connectivity index (χ0v) is 14.0. The first-order valence-corrected chi connectivity index (χ1v) is 8.23. The summed E-state index contributed by atoms with van der Waals surface area (Å²) in [6.07, 6.45) is 2.56. The van der Waals surface area contributed by atoms with Crippen molar-refractivity contribution in [2.75, 3.05) is 26.9 Å². The Balaban J connectivity index is 2.07. The van der Waals surface area contributed by atoms with Gasteiger partial charge in [-0.1, -0.05) is 26.0 Å². The molecule has 0 amide bonds. The quantitative estimate of drug-likeness (QED) is 0.802. The summed E-state index contributed by atoms with van der Waals surface area (Å²) in [5.74, 6) is 1.28. The molecule has 4 nitrogen and oxygen atoms in total. The summed E-state index contributed by atoms with van der Waals surface area (Å²) in [7, 11) is 1.68. The molecule has 22 heavy (non-hydrogen) atoms. The van der Waals surface area contributed by atoms with Crippen molar-refractivity contribution in [1.82, 2.24) is 4.90 Å². The van der Waals surface area contributed by atoms with E-state index in [1.165, 1.54) is 5.56 Å². The fourth-order valence-electron chi connectivity index (χ4n) is 3.08. The van der Waals surface area contributed by atoms with Crippen LogP contribution in [-0.2, 0) is 11.3 Å². The lowest BCUT2D eigenvalue weighted by Crippen LogP contribution is -2.44. The van der Waals surface area contributed by atoms with E-state index in [9.17, 15) is 5.11 Å². The number of aliphatic hydroxyl groups is 1. The van der Waals surface area contributed by atoms with E-state index in [4.69, 9.17) is 9.47 Å². The molecule has 1 aromatic carbocycles. The van der Waals surface area contributed by atoms with Crippen molar-refractivity contribution in [2.45, 2.75) is 45.4 Å². The molecule has 4 heteroatoms. The molecule has 0 radical (unpaired) electrons. The van der Waals surface area contributed by atoms with Gasteiger partial charge in [-0.15, -0.1) is 0 Å². The van der Waals surface area contributed by atoms with E-state index in [0.29, 0.717) is 12.0 Å². The second-order valence-corrected chi connectivity index (χ2v) is 6.41. The summed E-state index contributed by atoms with van der Waals surface area (Å²) in [6, 6.07) is 8.32. The number of hydrogen-bond donors (Lipinski definition) is 1. The van der Waals surface area contributed by atoms with Gasteiger partial charge in [0.15, 0.2) is 0 Å². The van der Waals surface area contributed by atoms with Crippen LogP contribution in [-0.4, -0.2) is 49.0 Å². The lowest BCUT2D eigenvalue weighted by Gasteiger charge is -2.34. The van der Waals surface area contributed by atoms with E-state index < -0.39 is 0 Å². The molecule has 1 heterocycles. The van der Waals surface area contributed by atoms with Gasteiger partial charge in [0.2, 0.25) is 0 Å². The van der Waals surface area contributed by atoms with Crippen molar-refractivity contribution < 1.29 is 14.6 Å². The Hall–Kier alpha value is -1.10. The summed E-state index contributed by atoms with van der Waals surface area (Å²) >= 11 is 0. The predicted octanol–water partition coefficient (Wildman–Crippen LogP) is 2.69. The number of hydrogen-bond acceptors (Lipinski definition) is 4. The van der Waals surface area contributed by atoms with Crippen LogP contribution in [0.5, 0.6) is 5.75 Å². The molecule has 2 atom stereocenters. The Kier molecular flexibility index (Phi) is 6.68. The maximum absolute atomic E-state index is 9.80. The minimum Gasteiger partial charge on any atom is -0.497 e. The first kappa shape index (κ1) is 17.3. The van der Waals surface area contributed by atoms with Crippen LogP contribution in [0, 0.1) is 5.92 Å². The average Bonchev–Trinajstić information content (AvgIpc) is 3.01. The van der Waals surface area contributed by atoms with Crippen molar-refractivity contribution in [3.8, 4) is 5.75 Å². The van der Waals surface area contributed by atoms with Gasteiger partial charge in [0.05, 0.1) is 19.8 Å². The van der Waals surface area contributed by atoms with Crippen LogP contribution in [0.2, 0.25) is 0 Å². The summed E-state index contributed by atoms with van der Waals surface area (Å²) in [6.45, 7) is 7.09. The fourth-order valence-corrected chi connectivity index (χ4v) is 3.08. The second kappa shape index (κ2) is 8.51. The molecule has 1 aromatic rings. The highest BCUT2D eigenvalue weighted by atomic mass is 16.5. The topological polar surface area (TPSA) is 41.9 Å². The Labute approximate surface area is 134 Å². The highest BCUT2D eigenvalue weighted by Gasteiger charge is 2.26. The second-order valence-electron chi connectivity index (χ2n) is 6.41. The lowest BCUT2D eigenvalue weighted by atomic mass is 10.0. The zero-order chi connectivity index (χ0) is 15.9. The van der Waals surface area contributed by atoms with Crippen LogP contribution >= 0.6 is 0 Å².